The van der Waals surface area contributed by atoms with Crippen molar-refractivity contribution in [3.05, 3.63) is 74.9 Å². The Bertz CT molecular complexity index is 986. The van der Waals surface area contributed by atoms with Crippen molar-refractivity contribution < 1.29 is 4.74 Å². The summed E-state index contributed by atoms with van der Waals surface area (Å²) in [6.07, 6.45) is 1.79. The Morgan fingerprint density at radius 2 is 1.85 bits per heavy atom. The molecule has 2 aromatic carbocycles. The van der Waals surface area contributed by atoms with Crippen LogP contribution in [-0.2, 0) is 6.54 Å². The number of nitrogens with zero attached hydrogens (tertiary/aromatic N) is 4. The summed E-state index contributed by atoms with van der Waals surface area (Å²) in [4.78, 5) is 0. The Kier molecular flexibility index (Phi) is 5.15. The number of aromatic nitrogens is 2. The third-order valence-corrected chi connectivity index (χ3v) is 5.57. The van der Waals surface area contributed by atoms with Crippen molar-refractivity contribution >= 4 is 37.7 Å². The van der Waals surface area contributed by atoms with Crippen LogP contribution in [-0.4, -0.2) is 27.7 Å². The normalized spacial score (nSPS) is 13.4. The number of rotatable bonds is 5. The molecule has 0 spiro atoms. The molecule has 27 heavy (non-hydrogen) atoms. The van der Waals surface area contributed by atoms with Crippen LogP contribution in [0.25, 0.3) is 5.69 Å². The second kappa shape index (κ2) is 7.71. The summed E-state index contributed by atoms with van der Waals surface area (Å²) in [7, 11) is 1.66. The van der Waals surface area contributed by atoms with Gasteiger partial charge in [-0.15, -0.1) is 10.6 Å². The minimum atomic E-state index is 0.627. The molecule has 0 bridgehead atoms. The molecule has 0 fully saturated rings. The summed E-state index contributed by atoms with van der Waals surface area (Å²) >= 11 is 7.23. The van der Waals surface area contributed by atoms with E-state index < -0.39 is 0 Å². The molecule has 9 heteroatoms. The number of benzene rings is 2. The number of methoxy groups -OCH3 is 1. The fourth-order valence-corrected chi connectivity index (χ4v) is 3.78. The third kappa shape index (κ3) is 3.58. The monoisotopic (exact) mass is 490 g/mol. The van der Waals surface area contributed by atoms with E-state index in [0.29, 0.717) is 6.54 Å². The fourth-order valence-electron chi connectivity index (χ4n) is 2.76. The van der Waals surface area contributed by atoms with Crippen LogP contribution in [0.15, 0.2) is 68.9 Å². The van der Waals surface area contributed by atoms with Crippen LogP contribution in [0, 0.1) is 0 Å². The molecule has 2 heterocycles. The summed E-state index contributed by atoms with van der Waals surface area (Å²) in [5.41, 5.74) is 8.81. The van der Waals surface area contributed by atoms with Crippen LogP contribution in [0.1, 0.15) is 11.1 Å². The highest BCUT2D eigenvalue weighted by molar-refractivity contribution is 9.11. The van der Waals surface area contributed by atoms with Gasteiger partial charge in [-0.1, -0.05) is 24.3 Å². The number of hydrazone groups is 1. The van der Waals surface area contributed by atoms with Gasteiger partial charge in [0, 0.05) is 4.47 Å². The van der Waals surface area contributed by atoms with Gasteiger partial charge in [0.25, 0.3) is 0 Å². The van der Waals surface area contributed by atoms with E-state index in [1.165, 1.54) is 0 Å². The van der Waals surface area contributed by atoms with Crippen LogP contribution in [0.4, 0.5) is 0 Å². The van der Waals surface area contributed by atoms with Crippen molar-refractivity contribution in [2.24, 2.45) is 5.10 Å². The maximum Gasteiger partial charge on any atom is 0.177 e. The molecule has 0 unspecified atom stereocenters. The molecule has 7 nitrogen and oxygen atoms in total. The highest BCUT2D eigenvalue weighted by Gasteiger charge is 2.24. The van der Waals surface area contributed by atoms with Gasteiger partial charge in [-0.25, -0.2) is 10.2 Å². The summed E-state index contributed by atoms with van der Waals surface area (Å²) in [6.45, 7) is 0.627. The number of hydrazine groups is 2. The number of nitrogens with one attached hydrogen (secondary N) is 2. The molecular formula is C18H16Br2N6O. The predicted octanol–water partition coefficient (Wildman–Crippen LogP) is 3.59. The first-order valence-corrected chi connectivity index (χ1v) is 9.73. The molecule has 1 aliphatic rings. The lowest BCUT2D eigenvalue weighted by Gasteiger charge is -2.18. The average Bonchev–Trinajstić information content (AvgIpc) is 3.29. The molecule has 2 N–H and O–H groups in total. The number of amidine groups is 1. The van der Waals surface area contributed by atoms with Crippen LogP contribution in [0.5, 0.6) is 5.75 Å². The minimum Gasteiger partial charge on any atom is -0.497 e. The van der Waals surface area contributed by atoms with Crippen molar-refractivity contribution in [3.8, 4) is 11.4 Å². The second-order valence-electron chi connectivity index (χ2n) is 5.81. The van der Waals surface area contributed by atoms with Gasteiger partial charge >= 0.3 is 0 Å². The van der Waals surface area contributed by atoms with Gasteiger partial charge in [-0.05, 0) is 61.7 Å². The van der Waals surface area contributed by atoms with Crippen LogP contribution >= 0.6 is 31.9 Å². The first-order valence-electron chi connectivity index (χ1n) is 8.15. The van der Waals surface area contributed by atoms with E-state index in [4.69, 9.17) is 4.74 Å². The van der Waals surface area contributed by atoms with Crippen molar-refractivity contribution in [3.63, 3.8) is 0 Å². The molecule has 3 aromatic rings. The van der Waals surface area contributed by atoms with Crippen LogP contribution in [0.3, 0.4) is 0 Å². The van der Waals surface area contributed by atoms with Gasteiger partial charge < -0.3 is 4.74 Å². The number of para-hydroxylation sites is 1. The van der Waals surface area contributed by atoms with E-state index in [9.17, 15) is 0 Å². The summed E-state index contributed by atoms with van der Waals surface area (Å²) < 4.78 is 8.81. The first-order chi connectivity index (χ1) is 13.2. The first kappa shape index (κ1) is 18.0. The van der Waals surface area contributed by atoms with Gasteiger partial charge in [-0.2, -0.15) is 5.10 Å². The molecule has 138 valence electrons. The Labute approximate surface area is 173 Å². The molecule has 1 aliphatic heterocycles. The van der Waals surface area contributed by atoms with E-state index in [-0.39, 0.29) is 0 Å². The topological polar surface area (TPSA) is 66.7 Å². The summed E-state index contributed by atoms with van der Waals surface area (Å²) in [5, 5.41) is 10.8. The predicted molar refractivity (Wildman–Crippen MR) is 110 cm³/mol. The van der Waals surface area contributed by atoms with Gasteiger partial charge in [0.2, 0.25) is 0 Å². The van der Waals surface area contributed by atoms with Gasteiger partial charge in [-0.3, -0.25) is 5.01 Å². The van der Waals surface area contributed by atoms with E-state index in [2.05, 4.69) is 53.1 Å². The summed E-state index contributed by atoms with van der Waals surface area (Å²) in [6, 6.07) is 15.8. The molecule has 0 amide bonds. The minimum absolute atomic E-state index is 0.627. The quantitative estimate of drug-likeness (QED) is 0.570. The molecule has 0 radical (unpaired) electrons. The fraction of sp³-hybridized carbons (Fsp3) is 0.111. The Morgan fingerprint density at radius 1 is 1.07 bits per heavy atom. The molecule has 0 saturated carbocycles. The highest BCUT2D eigenvalue weighted by atomic mass is 79.9. The van der Waals surface area contributed by atoms with E-state index in [1.54, 1.807) is 13.3 Å². The summed E-state index contributed by atoms with van der Waals surface area (Å²) in [5.74, 6) is 1.58. The number of hydrogen-bond acceptors (Lipinski definition) is 6. The molecule has 1 aromatic heterocycles. The maximum atomic E-state index is 5.21. The average molecular weight is 492 g/mol. The SMILES string of the molecule is COc1ccc(CN2NNN=C2c2cnn(-c3ccccc3Br)c2Br)cc1. The van der Waals surface area contributed by atoms with Gasteiger partial charge in [0.1, 0.15) is 10.4 Å². The lowest BCUT2D eigenvalue weighted by molar-refractivity contribution is 0.288. The Balaban J connectivity index is 1.60. The molecule has 4 rings (SSSR count). The van der Waals surface area contributed by atoms with Crippen LogP contribution in [0.2, 0.25) is 0 Å². The lowest BCUT2D eigenvalue weighted by atomic mass is 10.2. The Hall–Kier alpha value is -2.36. The van der Waals surface area contributed by atoms with Crippen molar-refractivity contribution in [2.45, 2.75) is 6.54 Å². The largest absolute Gasteiger partial charge is 0.497 e. The van der Waals surface area contributed by atoms with E-state index in [0.717, 1.165) is 37.5 Å². The zero-order valence-electron chi connectivity index (χ0n) is 14.4. The van der Waals surface area contributed by atoms with Gasteiger partial charge in [0.05, 0.1) is 31.1 Å². The number of halogens is 2. The standard InChI is InChI=1S/C18H16Br2N6O/c1-27-13-8-6-12(7-9-13)11-25-18(22-23-24-25)14-10-21-26(17(14)20)16-5-3-2-4-15(16)19/h2-10,23-24H,11H2,1H3. The molecule has 0 aliphatic carbocycles. The zero-order valence-corrected chi connectivity index (χ0v) is 17.5. The highest BCUT2D eigenvalue weighted by Crippen LogP contribution is 2.27. The van der Waals surface area contributed by atoms with E-state index >= 15 is 0 Å². The van der Waals surface area contributed by atoms with Crippen molar-refractivity contribution in [1.29, 1.82) is 0 Å². The third-order valence-electron chi connectivity index (χ3n) is 4.13. The lowest BCUT2D eigenvalue weighted by Crippen LogP contribution is -2.40. The van der Waals surface area contributed by atoms with Gasteiger partial charge in [0.15, 0.2) is 5.84 Å². The van der Waals surface area contributed by atoms with E-state index in [1.807, 2.05) is 58.2 Å². The molecule has 0 atom stereocenters. The molecular weight excluding hydrogens is 476 g/mol. The second-order valence-corrected chi connectivity index (χ2v) is 7.41. The smallest absolute Gasteiger partial charge is 0.177 e. The Morgan fingerprint density at radius 3 is 2.59 bits per heavy atom. The maximum absolute atomic E-state index is 5.21. The molecule has 0 saturated heterocycles. The zero-order chi connectivity index (χ0) is 18.8. The van der Waals surface area contributed by atoms with Crippen LogP contribution < -0.4 is 15.8 Å². The van der Waals surface area contributed by atoms with Crippen molar-refractivity contribution in [1.82, 2.24) is 25.9 Å². The number of hydrogen-bond donors (Lipinski definition) is 2. The number of ether oxygens (including phenoxy) is 1. The van der Waals surface area contributed by atoms with Crippen molar-refractivity contribution in [2.75, 3.05) is 7.11 Å².